The summed E-state index contributed by atoms with van der Waals surface area (Å²) in [7, 11) is 0. The van der Waals surface area contributed by atoms with E-state index in [2.05, 4.69) is 6.92 Å². The van der Waals surface area contributed by atoms with E-state index in [1.165, 1.54) is 51.4 Å². The Bertz CT molecular complexity index is 484. The Kier molecular flexibility index (Phi) is 14.7. The third-order valence-corrected chi connectivity index (χ3v) is 4.91. The van der Waals surface area contributed by atoms with Gasteiger partial charge in [-0.3, -0.25) is 14.4 Å². The van der Waals surface area contributed by atoms with Gasteiger partial charge in [0.15, 0.2) is 0 Å². The molecule has 0 aliphatic carbocycles. The van der Waals surface area contributed by atoms with Crippen LogP contribution < -0.4 is 5.73 Å². The second-order valence-electron chi connectivity index (χ2n) is 9.02. The van der Waals surface area contributed by atoms with Gasteiger partial charge in [-0.2, -0.15) is 0 Å². The average molecular weight is 414 g/mol. The molecule has 0 aliphatic rings. The quantitative estimate of drug-likeness (QED) is 0.197. The van der Waals surface area contributed by atoms with Crippen molar-refractivity contribution < 1.29 is 24.2 Å². The van der Waals surface area contributed by atoms with E-state index in [0.717, 1.165) is 12.8 Å². The number of carbonyl (C=O) groups excluding carboxylic acids is 2. The van der Waals surface area contributed by atoms with Crippen molar-refractivity contribution in [2.24, 2.45) is 11.7 Å². The molecular weight excluding hydrogens is 370 g/mol. The molecule has 3 N–H and O–H groups in total. The summed E-state index contributed by atoms with van der Waals surface area (Å²) in [4.78, 5) is 35.9. The van der Waals surface area contributed by atoms with Gasteiger partial charge in [-0.1, -0.05) is 71.1 Å². The van der Waals surface area contributed by atoms with Gasteiger partial charge in [0, 0.05) is 6.42 Å². The van der Waals surface area contributed by atoms with E-state index >= 15 is 0 Å². The number of carboxylic acid groups (broad SMARTS) is 1. The fourth-order valence-corrected chi connectivity index (χ4v) is 3.22. The van der Waals surface area contributed by atoms with Gasteiger partial charge in [-0.05, 0) is 33.6 Å². The number of hydrogen-bond acceptors (Lipinski definition) is 5. The molecule has 0 saturated heterocycles. The van der Waals surface area contributed by atoms with E-state index in [1.807, 2.05) is 0 Å². The van der Waals surface area contributed by atoms with Crippen LogP contribution in [-0.4, -0.2) is 34.5 Å². The van der Waals surface area contributed by atoms with Crippen LogP contribution in [0.3, 0.4) is 0 Å². The lowest BCUT2D eigenvalue weighted by Crippen LogP contribution is -2.40. The topological polar surface area (TPSA) is 107 Å². The van der Waals surface area contributed by atoms with Crippen molar-refractivity contribution in [3.63, 3.8) is 0 Å². The minimum atomic E-state index is -1.26. The molecule has 0 bridgehead atoms. The number of esters is 1. The summed E-state index contributed by atoms with van der Waals surface area (Å²) in [5, 5.41) is 9.02. The molecule has 0 fully saturated rings. The van der Waals surface area contributed by atoms with E-state index < -0.39 is 29.5 Å². The third-order valence-electron chi connectivity index (χ3n) is 4.91. The monoisotopic (exact) mass is 413 g/mol. The minimum absolute atomic E-state index is 0.221. The van der Waals surface area contributed by atoms with Crippen molar-refractivity contribution in [2.45, 2.75) is 123 Å². The first-order chi connectivity index (χ1) is 13.6. The second-order valence-corrected chi connectivity index (χ2v) is 9.02. The van der Waals surface area contributed by atoms with Gasteiger partial charge in [-0.25, -0.2) is 0 Å². The van der Waals surface area contributed by atoms with Crippen molar-refractivity contribution in [3.8, 4) is 0 Å². The maximum absolute atomic E-state index is 12.5. The SMILES string of the molecule is CCCCCCCCCCCCCC(=O)C(CC(N)C(=O)O)C(=O)OC(C)(C)C. The molecule has 29 heavy (non-hydrogen) atoms. The number of unbranched alkanes of at least 4 members (excludes halogenated alkanes) is 10. The van der Waals surface area contributed by atoms with Crippen LogP contribution in [0.4, 0.5) is 0 Å². The predicted octanol–water partition coefficient (Wildman–Crippen LogP) is 5.02. The van der Waals surface area contributed by atoms with E-state index in [-0.39, 0.29) is 18.6 Å². The zero-order valence-electron chi connectivity index (χ0n) is 19.0. The number of hydrogen-bond donors (Lipinski definition) is 2. The first-order valence-electron chi connectivity index (χ1n) is 11.3. The molecule has 6 nitrogen and oxygen atoms in total. The van der Waals surface area contributed by atoms with Crippen molar-refractivity contribution in [1.82, 2.24) is 0 Å². The maximum Gasteiger partial charge on any atom is 0.320 e. The lowest BCUT2D eigenvalue weighted by atomic mass is 9.92. The van der Waals surface area contributed by atoms with Gasteiger partial charge in [-0.15, -0.1) is 0 Å². The number of carboxylic acids is 1. The summed E-state index contributed by atoms with van der Waals surface area (Å²) >= 11 is 0. The van der Waals surface area contributed by atoms with E-state index in [4.69, 9.17) is 15.6 Å². The molecule has 0 aromatic rings. The van der Waals surface area contributed by atoms with Gasteiger partial charge in [0.1, 0.15) is 23.3 Å². The summed E-state index contributed by atoms with van der Waals surface area (Å²) in [6.45, 7) is 7.37. The number of aliphatic carboxylic acids is 1. The van der Waals surface area contributed by atoms with Crippen LogP contribution in [0.15, 0.2) is 0 Å². The summed E-state index contributed by atoms with van der Waals surface area (Å²) < 4.78 is 5.30. The number of ether oxygens (including phenoxy) is 1. The summed E-state index contributed by atoms with van der Waals surface area (Å²) in [5.41, 5.74) is 4.82. The Labute approximate surface area is 177 Å². The Morgan fingerprint density at radius 3 is 1.72 bits per heavy atom. The summed E-state index contributed by atoms with van der Waals surface area (Å²) in [5.74, 6) is -3.28. The molecule has 0 amide bonds. The van der Waals surface area contributed by atoms with Crippen molar-refractivity contribution in [2.75, 3.05) is 0 Å². The fraction of sp³-hybridized carbons (Fsp3) is 0.870. The highest BCUT2D eigenvalue weighted by Gasteiger charge is 2.33. The number of rotatable bonds is 17. The predicted molar refractivity (Wildman–Crippen MR) is 116 cm³/mol. The maximum atomic E-state index is 12.5. The van der Waals surface area contributed by atoms with Crippen molar-refractivity contribution in [3.05, 3.63) is 0 Å². The van der Waals surface area contributed by atoms with Crippen LogP contribution in [0.1, 0.15) is 111 Å². The average Bonchev–Trinajstić information content (AvgIpc) is 2.62. The Morgan fingerprint density at radius 1 is 0.862 bits per heavy atom. The van der Waals surface area contributed by atoms with E-state index in [1.54, 1.807) is 20.8 Å². The number of ketones is 1. The standard InChI is InChI=1S/C23H43NO5/c1-5-6-7-8-9-10-11-12-13-14-15-16-20(25)18(17-19(24)21(26)27)22(28)29-23(2,3)4/h18-19H,5-17,24H2,1-4H3,(H,26,27). The highest BCUT2D eigenvalue weighted by molar-refractivity contribution is 5.99. The fourth-order valence-electron chi connectivity index (χ4n) is 3.22. The first-order valence-corrected chi connectivity index (χ1v) is 11.3. The van der Waals surface area contributed by atoms with Crippen molar-refractivity contribution in [1.29, 1.82) is 0 Å². The van der Waals surface area contributed by atoms with Gasteiger partial charge in [0.2, 0.25) is 0 Å². The summed E-state index contributed by atoms with van der Waals surface area (Å²) in [6, 6.07) is -1.26. The van der Waals surface area contributed by atoms with E-state index in [0.29, 0.717) is 6.42 Å². The smallest absolute Gasteiger partial charge is 0.320 e. The van der Waals surface area contributed by atoms with Crippen molar-refractivity contribution >= 4 is 17.7 Å². The Hall–Kier alpha value is -1.43. The van der Waals surface area contributed by atoms with Gasteiger partial charge >= 0.3 is 11.9 Å². The van der Waals surface area contributed by atoms with Crippen LogP contribution in [0.2, 0.25) is 0 Å². The van der Waals surface area contributed by atoms with Crippen LogP contribution in [0.5, 0.6) is 0 Å². The summed E-state index contributed by atoms with van der Waals surface area (Å²) in [6.07, 6.45) is 13.0. The molecule has 2 atom stereocenters. The van der Waals surface area contributed by atoms with Gasteiger partial charge in [0.05, 0.1) is 0 Å². The normalized spacial score (nSPS) is 13.7. The van der Waals surface area contributed by atoms with E-state index in [9.17, 15) is 14.4 Å². The molecule has 0 heterocycles. The Balaban J connectivity index is 4.22. The number of carbonyl (C=O) groups is 3. The van der Waals surface area contributed by atoms with Crippen LogP contribution in [-0.2, 0) is 19.1 Å². The van der Waals surface area contributed by atoms with Crippen LogP contribution in [0, 0.1) is 5.92 Å². The van der Waals surface area contributed by atoms with Crippen LogP contribution >= 0.6 is 0 Å². The molecule has 0 aliphatic heterocycles. The number of nitrogens with two attached hydrogens (primary N) is 1. The molecule has 6 heteroatoms. The largest absolute Gasteiger partial charge is 0.480 e. The molecule has 0 spiro atoms. The first kappa shape index (κ1) is 27.6. The molecule has 0 radical (unpaired) electrons. The molecule has 2 unspecified atom stereocenters. The highest BCUT2D eigenvalue weighted by atomic mass is 16.6. The zero-order chi connectivity index (χ0) is 22.3. The molecule has 0 rings (SSSR count). The molecule has 170 valence electrons. The lowest BCUT2D eigenvalue weighted by molar-refractivity contribution is -0.162. The number of Topliss-reactive ketones (excluding diaryl/α,β-unsaturated/α-hetero) is 1. The highest BCUT2D eigenvalue weighted by Crippen LogP contribution is 2.19. The third kappa shape index (κ3) is 15.1. The zero-order valence-corrected chi connectivity index (χ0v) is 19.0. The second kappa shape index (κ2) is 15.4. The molecule has 0 aromatic heterocycles. The van der Waals surface area contributed by atoms with Gasteiger partial charge in [0.25, 0.3) is 0 Å². The lowest BCUT2D eigenvalue weighted by Gasteiger charge is -2.24. The van der Waals surface area contributed by atoms with Gasteiger partial charge < -0.3 is 15.6 Å². The molecule has 0 aromatic carbocycles. The molecule has 0 saturated carbocycles. The Morgan fingerprint density at radius 2 is 1.31 bits per heavy atom. The molecular formula is C23H43NO5. The van der Waals surface area contributed by atoms with Crippen LogP contribution in [0.25, 0.3) is 0 Å². The minimum Gasteiger partial charge on any atom is -0.480 e.